The van der Waals surface area contributed by atoms with E-state index in [9.17, 15) is 15.0 Å². The Balaban J connectivity index is 1.68. The molecule has 37 heavy (non-hydrogen) atoms. The molecule has 202 valence electrons. The normalized spacial score (nSPS) is 25.7. The van der Waals surface area contributed by atoms with Crippen molar-refractivity contribution in [1.29, 1.82) is 0 Å². The zero-order chi connectivity index (χ0) is 26.6. The minimum atomic E-state index is -1.21. The van der Waals surface area contributed by atoms with Crippen molar-refractivity contribution in [1.82, 2.24) is 4.90 Å². The number of nitrogens with two attached hydrogens (primary N) is 1. The van der Waals surface area contributed by atoms with Crippen molar-refractivity contribution in [2.45, 2.75) is 62.7 Å². The molecule has 5 atom stereocenters. The molecule has 0 radical (unpaired) electrons. The number of carbonyl (C=O) groups is 1. The topological polar surface area (TPSA) is 96.0 Å². The minimum Gasteiger partial charge on any atom is -0.391 e. The zero-order valence-electron chi connectivity index (χ0n) is 21.4. The van der Waals surface area contributed by atoms with Gasteiger partial charge in [-0.1, -0.05) is 47.5 Å². The number of methoxy groups -OCH3 is 1. The lowest BCUT2D eigenvalue weighted by atomic mass is 9.72. The van der Waals surface area contributed by atoms with Crippen LogP contribution < -0.4 is 5.73 Å². The average Bonchev–Trinajstić information content (AvgIpc) is 3.23. The van der Waals surface area contributed by atoms with Gasteiger partial charge in [0.15, 0.2) is 0 Å². The van der Waals surface area contributed by atoms with E-state index in [0.717, 1.165) is 42.4 Å². The summed E-state index contributed by atoms with van der Waals surface area (Å²) in [6, 6.07) is 12.8. The fourth-order valence-corrected chi connectivity index (χ4v) is 6.57. The van der Waals surface area contributed by atoms with E-state index in [1.54, 1.807) is 7.11 Å². The minimum absolute atomic E-state index is 0.0274. The molecule has 1 aliphatic carbocycles. The highest BCUT2D eigenvalue weighted by Crippen LogP contribution is 2.46. The molecule has 8 heteroatoms. The van der Waals surface area contributed by atoms with Crippen LogP contribution in [-0.2, 0) is 15.1 Å². The highest BCUT2D eigenvalue weighted by atomic mass is 35.5. The molecule has 4 rings (SSSR count). The number of likely N-dealkylation sites (tertiary alicyclic amines) is 1. The summed E-state index contributed by atoms with van der Waals surface area (Å²) in [5, 5.41) is 23.8. The number of piperidine rings is 1. The first-order valence-electron chi connectivity index (χ1n) is 13.2. The number of benzene rings is 2. The highest BCUT2D eigenvalue weighted by molar-refractivity contribution is 6.34. The van der Waals surface area contributed by atoms with Crippen LogP contribution in [-0.4, -0.2) is 60.0 Å². The average molecular weight is 550 g/mol. The van der Waals surface area contributed by atoms with Gasteiger partial charge in [-0.25, -0.2) is 0 Å². The quantitative estimate of drug-likeness (QED) is 0.383. The van der Waals surface area contributed by atoms with Gasteiger partial charge in [-0.2, -0.15) is 0 Å². The summed E-state index contributed by atoms with van der Waals surface area (Å²) in [6.07, 6.45) is 3.94. The van der Waals surface area contributed by atoms with Crippen LogP contribution in [0.25, 0.3) is 11.1 Å². The van der Waals surface area contributed by atoms with E-state index in [1.807, 2.05) is 47.4 Å². The third kappa shape index (κ3) is 6.32. The zero-order valence-corrected chi connectivity index (χ0v) is 22.9. The number of aliphatic hydroxyl groups excluding tert-OH is 1. The second-order valence-corrected chi connectivity index (χ2v) is 11.4. The molecule has 2 fully saturated rings. The molecular formula is C29H38Cl2N2O4. The molecule has 1 amide bonds. The van der Waals surface area contributed by atoms with Crippen molar-refractivity contribution in [2.75, 3.05) is 26.8 Å². The Morgan fingerprint density at radius 3 is 2.68 bits per heavy atom. The van der Waals surface area contributed by atoms with Crippen LogP contribution >= 0.6 is 23.2 Å². The SMILES string of the molecule is COCCCC[C@@](O)(c1cccc(Cl)c1-c1cccc(Cl)c1)C1CCCN(C(=O)[C@H]2C[C@@H](N)[C@@H](O)C2)C1. The second-order valence-electron chi connectivity index (χ2n) is 10.6. The van der Waals surface area contributed by atoms with E-state index in [4.69, 9.17) is 33.7 Å². The molecule has 1 aliphatic heterocycles. The number of hydrogen-bond donors (Lipinski definition) is 3. The maximum Gasteiger partial charge on any atom is 0.225 e. The standard InChI is InChI=1S/C29H38Cl2N2O4/c1-37-14-3-2-12-29(36,23-10-5-11-24(31)27(23)19-7-4-9-22(30)15-19)21-8-6-13-33(18-21)28(35)20-16-25(32)26(34)17-20/h4-5,7,9-11,15,20-21,25-26,34,36H,2-3,6,8,12-14,16-18,32H2,1H3/t20-,21?,25+,26-,29-/m0/s1. The Morgan fingerprint density at radius 2 is 1.97 bits per heavy atom. The number of halogens is 2. The number of aliphatic hydroxyl groups is 2. The fourth-order valence-electron chi connectivity index (χ4n) is 6.10. The van der Waals surface area contributed by atoms with Crippen LogP contribution in [0.2, 0.25) is 10.0 Å². The Bertz CT molecular complexity index is 1070. The fraction of sp³-hybridized carbons (Fsp3) is 0.552. The maximum absolute atomic E-state index is 13.4. The van der Waals surface area contributed by atoms with Crippen molar-refractivity contribution in [3.05, 3.63) is 58.1 Å². The van der Waals surface area contributed by atoms with Gasteiger partial charge >= 0.3 is 0 Å². The predicted molar refractivity (Wildman–Crippen MR) is 148 cm³/mol. The first-order chi connectivity index (χ1) is 17.7. The number of rotatable bonds is 9. The van der Waals surface area contributed by atoms with E-state index in [0.29, 0.717) is 49.0 Å². The molecule has 1 heterocycles. The maximum atomic E-state index is 13.4. The predicted octanol–water partition coefficient (Wildman–Crippen LogP) is 5.00. The van der Waals surface area contributed by atoms with Crippen molar-refractivity contribution in [3.63, 3.8) is 0 Å². The highest BCUT2D eigenvalue weighted by Gasteiger charge is 2.44. The smallest absolute Gasteiger partial charge is 0.225 e. The van der Waals surface area contributed by atoms with E-state index >= 15 is 0 Å². The monoisotopic (exact) mass is 548 g/mol. The molecule has 1 saturated heterocycles. The van der Waals surface area contributed by atoms with E-state index in [2.05, 4.69) is 0 Å². The van der Waals surface area contributed by atoms with Crippen LogP contribution in [0.4, 0.5) is 0 Å². The first-order valence-corrected chi connectivity index (χ1v) is 14.0. The van der Waals surface area contributed by atoms with Crippen LogP contribution in [0.3, 0.4) is 0 Å². The number of carbonyl (C=O) groups excluding carboxylic acids is 1. The molecule has 2 aliphatic rings. The summed E-state index contributed by atoms with van der Waals surface area (Å²) in [5.74, 6) is -0.421. The van der Waals surface area contributed by atoms with Crippen molar-refractivity contribution >= 4 is 29.1 Å². The van der Waals surface area contributed by atoms with Crippen LogP contribution in [0.15, 0.2) is 42.5 Å². The van der Waals surface area contributed by atoms with Gasteiger partial charge in [0.2, 0.25) is 5.91 Å². The summed E-state index contributed by atoms with van der Waals surface area (Å²) < 4.78 is 5.25. The molecular weight excluding hydrogens is 511 g/mol. The largest absolute Gasteiger partial charge is 0.391 e. The van der Waals surface area contributed by atoms with Crippen molar-refractivity contribution in [2.24, 2.45) is 17.6 Å². The van der Waals surface area contributed by atoms with Gasteiger partial charge in [-0.3, -0.25) is 4.79 Å². The number of amides is 1. The third-order valence-electron chi connectivity index (χ3n) is 8.08. The number of hydrogen-bond acceptors (Lipinski definition) is 5. The molecule has 1 saturated carbocycles. The van der Waals surface area contributed by atoms with Crippen molar-refractivity contribution in [3.8, 4) is 11.1 Å². The van der Waals surface area contributed by atoms with E-state index in [-0.39, 0.29) is 23.8 Å². The molecule has 0 aromatic heterocycles. The van der Waals surface area contributed by atoms with Crippen LogP contribution in [0, 0.1) is 11.8 Å². The van der Waals surface area contributed by atoms with Gasteiger partial charge in [0.05, 0.1) is 11.7 Å². The third-order valence-corrected chi connectivity index (χ3v) is 8.63. The summed E-state index contributed by atoms with van der Waals surface area (Å²) in [4.78, 5) is 15.3. The lowest BCUT2D eigenvalue weighted by Gasteiger charge is -2.44. The summed E-state index contributed by atoms with van der Waals surface area (Å²) in [6.45, 7) is 1.71. The molecule has 2 aromatic rings. The molecule has 6 nitrogen and oxygen atoms in total. The number of nitrogens with zero attached hydrogens (tertiary/aromatic N) is 1. The lowest BCUT2D eigenvalue weighted by Crippen LogP contribution is -2.49. The van der Waals surface area contributed by atoms with Gasteiger partial charge in [-0.15, -0.1) is 0 Å². The summed E-state index contributed by atoms with van der Waals surface area (Å²) in [7, 11) is 1.68. The van der Waals surface area contributed by atoms with Crippen LogP contribution in [0.1, 0.15) is 50.5 Å². The molecule has 4 N–H and O–H groups in total. The molecule has 0 spiro atoms. The van der Waals surface area contributed by atoms with Gasteiger partial charge in [0, 0.05) is 60.3 Å². The Labute approximate surface area is 229 Å². The molecule has 2 aromatic carbocycles. The van der Waals surface area contributed by atoms with Crippen LogP contribution in [0.5, 0.6) is 0 Å². The number of unbranched alkanes of at least 4 members (excludes halogenated alkanes) is 1. The first kappa shape index (κ1) is 28.3. The van der Waals surface area contributed by atoms with E-state index < -0.39 is 11.7 Å². The summed E-state index contributed by atoms with van der Waals surface area (Å²) >= 11 is 13.1. The molecule has 1 unspecified atom stereocenters. The molecule has 0 bridgehead atoms. The van der Waals surface area contributed by atoms with Gasteiger partial charge in [-0.05, 0) is 74.3 Å². The van der Waals surface area contributed by atoms with E-state index in [1.165, 1.54) is 0 Å². The van der Waals surface area contributed by atoms with Gasteiger partial charge < -0.3 is 25.6 Å². The second kappa shape index (κ2) is 12.5. The Hall–Kier alpha value is -1.67. The number of ether oxygens (including phenoxy) is 1. The lowest BCUT2D eigenvalue weighted by molar-refractivity contribution is -0.141. The summed E-state index contributed by atoms with van der Waals surface area (Å²) in [5.41, 5.74) is 7.17. The Kier molecular flexibility index (Phi) is 9.54. The van der Waals surface area contributed by atoms with Crippen molar-refractivity contribution < 1.29 is 19.7 Å². The van der Waals surface area contributed by atoms with Gasteiger partial charge in [0.1, 0.15) is 0 Å². The van der Waals surface area contributed by atoms with Gasteiger partial charge in [0.25, 0.3) is 0 Å². The Morgan fingerprint density at radius 1 is 1.19 bits per heavy atom.